The van der Waals surface area contributed by atoms with Crippen LogP contribution in [0.2, 0.25) is 51.4 Å². The number of hydrogen-bond acceptors (Lipinski definition) is 2. The SMILES string of the molecule is C[Si](C)(C)CCc1c2cc3c(-c4ccccc4)c4ccoc4c(-c4ccccc4)c3cc2c(CC[Si](C)(C)C)c2occc12. The van der Waals surface area contributed by atoms with E-state index < -0.39 is 16.1 Å². The van der Waals surface area contributed by atoms with E-state index in [1.54, 1.807) is 0 Å². The van der Waals surface area contributed by atoms with Crippen LogP contribution in [0.25, 0.3) is 65.7 Å². The van der Waals surface area contributed by atoms with Gasteiger partial charge < -0.3 is 8.83 Å². The smallest absolute Gasteiger partial charge is 0.142 e. The molecule has 0 saturated heterocycles. The van der Waals surface area contributed by atoms with Crippen molar-refractivity contribution in [2.24, 2.45) is 0 Å². The van der Waals surface area contributed by atoms with Crippen LogP contribution < -0.4 is 0 Å². The summed E-state index contributed by atoms with van der Waals surface area (Å²) in [7, 11) is -2.58. The van der Waals surface area contributed by atoms with Crippen molar-refractivity contribution in [3.05, 3.63) is 109 Å². The van der Waals surface area contributed by atoms with Crippen LogP contribution in [0.4, 0.5) is 0 Å². The average molecular weight is 611 g/mol. The second kappa shape index (κ2) is 10.9. The van der Waals surface area contributed by atoms with Gasteiger partial charge in [-0.05, 0) is 75.3 Å². The zero-order chi connectivity index (χ0) is 30.6. The summed E-state index contributed by atoms with van der Waals surface area (Å²) >= 11 is 0. The third-order valence-corrected chi connectivity index (χ3v) is 12.6. The molecule has 0 bridgehead atoms. The molecule has 0 N–H and O–H groups in total. The molecule has 0 atom stereocenters. The van der Waals surface area contributed by atoms with Crippen molar-refractivity contribution in [3.63, 3.8) is 0 Å². The monoisotopic (exact) mass is 610 g/mol. The van der Waals surface area contributed by atoms with E-state index in [1.807, 2.05) is 12.5 Å². The van der Waals surface area contributed by atoms with Crippen LogP contribution >= 0.6 is 0 Å². The Bertz CT molecular complexity index is 1970. The van der Waals surface area contributed by atoms with Gasteiger partial charge in [-0.1, -0.05) is 112 Å². The van der Waals surface area contributed by atoms with Gasteiger partial charge in [0.1, 0.15) is 11.2 Å². The van der Waals surface area contributed by atoms with Crippen LogP contribution in [0.1, 0.15) is 11.1 Å². The van der Waals surface area contributed by atoms with Crippen molar-refractivity contribution in [2.45, 2.75) is 64.2 Å². The zero-order valence-corrected chi connectivity index (χ0v) is 28.9. The number of rotatable bonds is 8. The molecule has 7 rings (SSSR count). The molecule has 2 nitrogen and oxygen atoms in total. The summed E-state index contributed by atoms with van der Waals surface area (Å²) in [6.45, 7) is 14.9. The summed E-state index contributed by atoms with van der Waals surface area (Å²) in [5, 5.41) is 7.70. The van der Waals surface area contributed by atoms with Crippen LogP contribution in [0.5, 0.6) is 0 Å². The summed E-state index contributed by atoms with van der Waals surface area (Å²) in [5.41, 5.74) is 9.65. The number of aryl methyl sites for hydroxylation is 2. The molecule has 222 valence electrons. The fourth-order valence-corrected chi connectivity index (χ4v) is 8.85. The first-order chi connectivity index (χ1) is 21.1. The van der Waals surface area contributed by atoms with Crippen LogP contribution in [0.15, 0.2) is 106 Å². The molecule has 0 unspecified atom stereocenters. The Hall–Kier alpha value is -3.87. The third-order valence-electron chi connectivity index (χ3n) is 9.15. The molecule has 0 aliphatic carbocycles. The highest BCUT2D eigenvalue weighted by atomic mass is 28.3. The Balaban J connectivity index is 1.67. The Kier molecular flexibility index (Phi) is 7.18. The molecule has 2 aromatic heterocycles. The molecular weight excluding hydrogens is 569 g/mol. The lowest BCUT2D eigenvalue weighted by Gasteiger charge is -2.22. The van der Waals surface area contributed by atoms with Gasteiger partial charge in [0.05, 0.1) is 12.5 Å². The number of furan rings is 2. The van der Waals surface area contributed by atoms with Crippen molar-refractivity contribution in [2.75, 3.05) is 0 Å². The minimum Gasteiger partial charge on any atom is -0.464 e. The molecular formula is C40H42O2Si2. The Morgan fingerprint density at radius 2 is 0.932 bits per heavy atom. The van der Waals surface area contributed by atoms with Gasteiger partial charge in [-0.25, -0.2) is 0 Å². The van der Waals surface area contributed by atoms with Crippen molar-refractivity contribution in [1.29, 1.82) is 0 Å². The predicted molar refractivity (Wildman–Crippen MR) is 196 cm³/mol. The van der Waals surface area contributed by atoms with Gasteiger partial charge in [0.15, 0.2) is 0 Å². The summed E-state index contributed by atoms with van der Waals surface area (Å²) in [4.78, 5) is 0. The van der Waals surface area contributed by atoms with Crippen molar-refractivity contribution in [3.8, 4) is 22.3 Å². The van der Waals surface area contributed by atoms with Crippen molar-refractivity contribution < 1.29 is 8.83 Å². The van der Waals surface area contributed by atoms with E-state index in [9.17, 15) is 0 Å². The van der Waals surface area contributed by atoms with Crippen molar-refractivity contribution in [1.82, 2.24) is 0 Å². The molecule has 5 aromatic carbocycles. The number of hydrogen-bond donors (Lipinski definition) is 0. The molecule has 0 amide bonds. The van der Waals surface area contributed by atoms with E-state index in [-0.39, 0.29) is 0 Å². The molecule has 0 saturated carbocycles. The summed E-state index contributed by atoms with van der Waals surface area (Å²) in [6.07, 6.45) is 5.87. The number of benzene rings is 5. The highest BCUT2D eigenvalue weighted by molar-refractivity contribution is 6.76. The van der Waals surface area contributed by atoms with E-state index in [0.717, 1.165) is 29.4 Å². The first-order valence-corrected chi connectivity index (χ1v) is 23.4. The van der Waals surface area contributed by atoms with Gasteiger partial charge in [0, 0.05) is 43.6 Å². The maximum Gasteiger partial charge on any atom is 0.142 e. The molecule has 0 spiro atoms. The molecule has 4 heteroatoms. The minimum atomic E-state index is -1.30. The fourth-order valence-electron chi connectivity index (χ4n) is 6.85. The molecule has 0 aliphatic rings. The van der Waals surface area contributed by atoms with Gasteiger partial charge in [-0.15, -0.1) is 0 Å². The lowest BCUT2D eigenvalue weighted by Crippen LogP contribution is -2.20. The Labute approximate surface area is 262 Å². The van der Waals surface area contributed by atoms with E-state index in [0.29, 0.717) is 0 Å². The second-order valence-electron chi connectivity index (χ2n) is 14.8. The van der Waals surface area contributed by atoms with Crippen LogP contribution in [-0.4, -0.2) is 16.1 Å². The lowest BCUT2D eigenvalue weighted by atomic mass is 9.85. The van der Waals surface area contributed by atoms with Gasteiger partial charge in [-0.2, -0.15) is 0 Å². The maximum atomic E-state index is 6.38. The van der Waals surface area contributed by atoms with E-state index >= 15 is 0 Å². The van der Waals surface area contributed by atoms with Gasteiger partial charge in [-0.3, -0.25) is 0 Å². The fraction of sp³-hybridized carbons (Fsp3) is 0.250. The molecule has 44 heavy (non-hydrogen) atoms. The minimum absolute atomic E-state index is 0.948. The summed E-state index contributed by atoms with van der Waals surface area (Å²) < 4.78 is 12.7. The Morgan fingerprint density at radius 1 is 0.455 bits per heavy atom. The Morgan fingerprint density at radius 3 is 1.52 bits per heavy atom. The largest absolute Gasteiger partial charge is 0.464 e. The van der Waals surface area contributed by atoms with Crippen LogP contribution in [0.3, 0.4) is 0 Å². The van der Waals surface area contributed by atoms with Crippen LogP contribution in [-0.2, 0) is 12.8 Å². The topological polar surface area (TPSA) is 26.3 Å². The summed E-state index contributed by atoms with van der Waals surface area (Å²) in [6, 6.07) is 33.5. The highest BCUT2D eigenvalue weighted by Crippen LogP contribution is 2.47. The maximum absolute atomic E-state index is 6.38. The molecule has 2 heterocycles. The standard InChI is InChI=1S/C40H42O2Si2/c1-43(2,3)23-19-29-30-17-21-41-39(30)31(20-24-44(4,5)6)34-26-36-35(25-33(29)34)37(27-13-9-7-10-14-27)32-18-22-42-40(32)38(36)28-15-11-8-12-16-28/h7-18,21-22,25-26H,19-20,23-24H2,1-6H3. The molecule has 0 fully saturated rings. The van der Waals surface area contributed by atoms with E-state index in [1.165, 1.54) is 72.4 Å². The highest BCUT2D eigenvalue weighted by Gasteiger charge is 2.25. The van der Waals surface area contributed by atoms with Crippen LogP contribution in [0, 0.1) is 0 Å². The molecule has 0 radical (unpaired) electrons. The first kappa shape index (κ1) is 28.9. The van der Waals surface area contributed by atoms with E-state index in [4.69, 9.17) is 8.83 Å². The van der Waals surface area contributed by atoms with E-state index in [2.05, 4.69) is 124 Å². The third kappa shape index (κ3) is 5.24. The molecule has 0 aliphatic heterocycles. The van der Waals surface area contributed by atoms with Gasteiger partial charge >= 0.3 is 0 Å². The zero-order valence-electron chi connectivity index (χ0n) is 26.9. The molecule has 7 aromatic rings. The normalized spacial score (nSPS) is 12.7. The lowest BCUT2D eigenvalue weighted by molar-refractivity contribution is 0.612. The first-order valence-electron chi connectivity index (χ1n) is 16.0. The average Bonchev–Trinajstić information content (AvgIpc) is 3.67. The van der Waals surface area contributed by atoms with Gasteiger partial charge in [0.2, 0.25) is 0 Å². The van der Waals surface area contributed by atoms with Crippen molar-refractivity contribution >= 4 is 59.6 Å². The number of fused-ring (bicyclic) bond motifs is 4. The van der Waals surface area contributed by atoms with Gasteiger partial charge in [0.25, 0.3) is 0 Å². The quantitative estimate of drug-likeness (QED) is 0.126. The summed E-state index contributed by atoms with van der Waals surface area (Å²) in [5.74, 6) is 0. The predicted octanol–water partition coefficient (Wildman–Crippen LogP) is 12.6. The second-order valence-corrected chi connectivity index (χ2v) is 26.1.